The lowest BCUT2D eigenvalue weighted by Crippen LogP contribution is -2.20. The van der Waals surface area contributed by atoms with E-state index in [9.17, 15) is 14.7 Å². The second-order valence-corrected chi connectivity index (χ2v) is 9.43. The average Bonchev–Trinajstić information content (AvgIpc) is 3.59. The first kappa shape index (κ1) is 23.5. The first-order valence-corrected chi connectivity index (χ1v) is 12.2. The first-order chi connectivity index (χ1) is 18.4. The number of nitrogens with zero attached hydrogens (tertiary/aromatic N) is 3. The molecule has 2 aromatic heterocycles. The predicted molar refractivity (Wildman–Crippen MR) is 142 cm³/mol. The van der Waals surface area contributed by atoms with Gasteiger partial charge in [-0.1, -0.05) is 42.5 Å². The van der Waals surface area contributed by atoms with Crippen LogP contribution in [0.3, 0.4) is 0 Å². The summed E-state index contributed by atoms with van der Waals surface area (Å²) >= 11 is 0. The molecule has 6 rings (SSSR count). The number of aromatic carboxylic acids is 1. The van der Waals surface area contributed by atoms with Gasteiger partial charge in [-0.2, -0.15) is 0 Å². The third kappa shape index (κ3) is 3.98. The number of aryl methyl sites for hydroxylation is 1. The number of hydrogen-bond acceptors (Lipinski definition) is 8. The number of carboxylic acid groups (broad SMARTS) is 1. The normalized spacial score (nSPS) is 13.5. The van der Waals surface area contributed by atoms with Gasteiger partial charge in [-0.05, 0) is 48.7 Å². The van der Waals surface area contributed by atoms with Gasteiger partial charge in [0.2, 0.25) is 17.7 Å². The van der Waals surface area contributed by atoms with Crippen molar-refractivity contribution in [1.29, 1.82) is 0 Å². The van der Waals surface area contributed by atoms with Gasteiger partial charge in [-0.25, -0.2) is 4.79 Å². The van der Waals surface area contributed by atoms with Crippen molar-refractivity contribution in [1.82, 2.24) is 10.2 Å². The summed E-state index contributed by atoms with van der Waals surface area (Å²) in [5.74, 6) is -0.580. The molecule has 0 saturated carbocycles. The molecule has 1 aliphatic heterocycles. The summed E-state index contributed by atoms with van der Waals surface area (Å²) in [5, 5.41) is 21.1. The lowest BCUT2D eigenvalue weighted by atomic mass is 9.99. The lowest BCUT2D eigenvalue weighted by Gasteiger charge is -2.22. The van der Waals surface area contributed by atoms with Crippen molar-refractivity contribution in [3.05, 3.63) is 105 Å². The van der Waals surface area contributed by atoms with Gasteiger partial charge in [0.05, 0.1) is 17.0 Å². The molecular formula is C29H24N4O5. The van der Waals surface area contributed by atoms with E-state index in [1.807, 2.05) is 36.9 Å². The molecule has 3 aromatic carbocycles. The van der Waals surface area contributed by atoms with Crippen molar-refractivity contribution in [2.24, 2.45) is 0 Å². The summed E-state index contributed by atoms with van der Waals surface area (Å²) in [6, 6.07) is 18.2. The van der Waals surface area contributed by atoms with E-state index in [1.54, 1.807) is 30.3 Å². The number of fused-ring (bicyclic) bond motifs is 2. The van der Waals surface area contributed by atoms with Crippen LogP contribution >= 0.6 is 0 Å². The molecule has 1 aliphatic rings. The highest BCUT2D eigenvalue weighted by Gasteiger charge is 2.30. The third-order valence-corrected chi connectivity index (χ3v) is 6.84. The Balaban J connectivity index is 1.53. The van der Waals surface area contributed by atoms with E-state index in [1.165, 1.54) is 6.39 Å². The third-order valence-electron chi connectivity index (χ3n) is 6.84. The molecular weight excluding hydrogens is 484 g/mol. The topological polar surface area (TPSA) is 122 Å². The fourth-order valence-electron chi connectivity index (χ4n) is 5.06. The van der Waals surface area contributed by atoms with Crippen molar-refractivity contribution in [2.75, 3.05) is 10.2 Å². The quantitative estimate of drug-likeness (QED) is 0.304. The zero-order chi connectivity index (χ0) is 26.4. The number of rotatable bonds is 6. The zero-order valence-electron chi connectivity index (χ0n) is 20.8. The molecule has 0 fully saturated rings. The summed E-state index contributed by atoms with van der Waals surface area (Å²) in [4.78, 5) is 27.7. The molecule has 1 atom stereocenters. The smallest absolute Gasteiger partial charge is 0.337 e. The Kier molecular flexibility index (Phi) is 5.68. The monoisotopic (exact) mass is 508 g/mol. The molecule has 0 saturated heterocycles. The van der Waals surface area contributed by atoms with Crippen LogP contribution in [0.25, 0.3) is 22.4 Å². The molecule has 38 heavy (non-hydrogen) atoms. The van der Waals surface area contributed by atoms with Crippen LogP contribution in [0.1, 0.15) is 45.6 Å². The van der Waals surface area contributed by atoms with Crippen molar-refractivity contribution < 1.29 is 18.7 Å². The second-order valence-electron chi connectivity index (χ2n) is 9.43. The maximum atomic E-state index is 14.0. The van der Waals surface area contributed by atoms with E-state index in [0.717, 1.165) is 22.3 Å². The molecule has 3 heterocycles. The van der Waals surface area contributed by atoms with Gasteiger partial charge in [0.25, 0.3) is 5.89 Å². The molecule has 9 heteroatoms. The maximum Gasteiger partial charge on any atom is 0.337 e. The molecule has 2 N–H and O–H groups in total. The van der Waals surface area contributed by atoms with Crippen LogP contribution in [0.4, 0.5) is 11.6 Å². The molecule has 0 spiro atoms. The van der Waals surface area contributed by atoms with Gasteiger partial charge in [-0.3, -0.25) is 4.79 Å². The Labute approximate surface area is 217 Å². The van der Waals surface area contributed by atoms with Crippen LogP contribution in [-0.4, -0.2) is 21.3 Å². The van der Waals surface area contributed by atoms with Crippen LogP contribution in [0.5, 0.6) is 0 Å². The SMILES string of the molecule is Cc1cc(C(C)Nc2ccccc2C(=O)O)c2oc(N3Cc4ccccc4C3)c(-c3nnco3)c(=O)c2c1. The minimum atomic E-state index is -1.03. The number of carbonyl (C=O) groups is 1. The van der Waals surface area contributed by atoms with E-state index < -0.39 is 5.97 Å². The summed E-state index contributed by atoms with van der Waals surface area (Å²) in [5.41, 5.74) is 4.88. The molecule has 0 amide bonds. The summed E-state index contributed by atoms with van der Waals surface area (Å²) in [6.07, 6.45) is 1.19. The summed E-state index contributed by atoms with van der Waals surface area (Å²) in [6.45, 7) is 4.93. The van der Waals surface area contributed by atoms with E-state index in [-0.39, 0.29) is 28.5 Å². The van der Waals surface area contributed by atoms with Crippen molar-refractivity contribution in [3.8, 4) is 11.5 Å². The van der Waals surface area contributed by atoms with Crippen molar-refractivity contribution >= 4 is 28.5 Å². The number of carboxylic acids is 1. The van der Waals surface area contributed by atoms with Gasteiger partial charge < -0.3 is 24.2 Å². The van der Waals surface area contributed by atoms with Gasteiger partial charge in [0.1, 0.15) is 11.1 Å². The maximum absolute atomic E-state index is 14.0. The molecule has 0 aliphatic carbocycles. The molecule has 9 nitrogen and oxygen atoms in total. The van der Waals surface area contributed by atoms with Crippen molar-refractivity contribution in [3.63, 3.8) is 0 Å². The Bertz CT molecular complexity index is 1720. The van der Waals surface area contributed by atoms with E-state index in [2.05, 4.69) is 27.6 Å². The minimum Gasteiger partial charge on any atom is -0.478 e. The van der Waals surface area contributed by atoms with Crippen molar-refractivity contribution in [2.45, 2.75) is 33.0 Å². The number of nitrogens with one attached hydrogen (secondary N) is 1. The Morgan fingerprint density at radius 2 is 1.79 bits per heavy atom. The van der Waals surface area contributed by atoms with Crippen LogP contribution in [0, 0.1) is 6.92 Å². The van der Waals surface area contributed by atoms with E-state index in [0.29, 0.717) is 35.6 Å². The standard InChI is InChI=1S/C29H24N4O5/c1-16-11-21(17(2)31-23-10-6-5-9-20(23)29(35)36)26-22(12-16)25(34)24(27-32-30-15-37-27)28(38-26)33-13-18-7-3-4-8-19(18)14-33/h3-12,15,17,31H,13-14H2,1-2H3,(H,35,36). The van der Waals surface area contributed by atoms with Gasteiger partial charge in [0.15, 0.2) is 0 Å². The largest absolute Gasteiger partial charge is 0.478 e. The first-order valence-electron chi connectivity index (χ1n) is 12.2. The van der Waals surface area contributed by atoms with Crippen LogP contribution in [0.15, 0.2) is 80.7 Å². The van der Waals surface area contributed by atoms with Crippen LogP contribution in [-0.2, 0) is 13.1 Å². The molecule has 190 valence electrons. The second kappa shape index (κ2) is 9.19. The van der Waals surface area contributed by atoms with E-state index in [4.69, 9.17) is 8.83 Å². The van der Waals surface area contributed by atoms with Crippen LogP contribution < -0.4 is 15.6 Å². The van der Waals surface area contributed by atoms with Crippen LogP contribution in [0.2, 0.25) is 0 Å². The van der Waals surface area contributed by atoms with Gasteiger partial charge >= 0.3 is 5.97 Å². The number of para-hydroxylation sites is 1. The Hall–Kier alpha value is -4.92. The van der Waals surface area contributed by atoms with Gasteiger partial charge in [-0.15, -0.1) is 10.2 Å². The fraction of sp³-hybridized carbons (Fsp3) is 0.172. The number of aromatic nitrogens is 2. The molecule has 5 aromatic rings. The van der Waals surface area contributed by atoms with E-state index >= 15 is 0 Å². The minimum absolute atomic E-state index is 0.0937. The lowest BCUT2D eigenvalue weighted by molar-refractivity contribution is 0.0698. The number of hydrogen-bond donors (Lipinski definition) is 2. The highest BCUT2D eigenvalue weighted by Crippen LogP contribution is 2.38. The molecule has 0 bridgehead atoms. The highest BCUT2D eigenvalue weighted by molar-refractivity contribution is 5.94. The number of benzene rings is 3. The molecule has 0 radical (unpaired) electrons. The number of anilines is 2. The fourth-order valence-corrected chi connectivity index (χ4v) is 5.06. The average molecular weight is 509 g/mol. The molecule has 1 unspecified atom stereocenters. The van der Waals surface area contributed by atoms with Gasteiger partial charge in [0, 0.05) is 24.3 Å². The highest BCUT2D eigenvalue weighted by atomic mass is 16.4. The predicted octanol–water partition coefficient (Wildman–Crippen LogP) is 5.54. The summed E-state index contributed by atoms with van der Waals surface area (Å²) < 4.78 is 12.0. The Morgan fingerprint density at radius 3 is 2.47 bits per heavy atom. The summed E-state index contributed by atoms with van der Waals surface area (Å²) in [7, 11) is 0. The zero-order valence-corrected chi connectivity index (χ0v) is 20.8. The Morgan fingerprint density at radius 1 is 1.08 bits per heavy atom.